The summed E-state index contributed by atoms with van der Waals surface area (Å²) >= 11 is 12.7. The number of hydrogen-bond donors (Lipinski definition) is 1. The van der Waals surface area contributed by atoms with Gasteiger partial charge in [0.1, 0.15) is 12.4 Å². The first-order chi connectivity index (χ1) is 14.4. The zero-order valence-electron chi connectivity index (χ0n) is 15.8. The van der Waals surface area contributed by atoms with Gasteiger partial charge in [0, 0.05) is 10.6 Å². The van der Waals surface area contributed by atoms with Gasteiger partial charge < -0.3 is 14.7 Å². The number of carboxylic acid groups (broad SMARTS) is 1. The van der Waals surface area contributed by atoms with Crippen molar-refractivity contribution in [3.63, 3.8) is 0 Å². The van der Waals surface area contributed by atoms with Crippen molar-refractivity contribution in [1.29, 1.82) is 0 Å². The molecule has 0 bridgehead atoms. The van der Waals surface area contributed by atoms with Gasteiger partial charge in [0.2, 0.25) is 0 Å². The molecule has 1 N–H and O–H groups in total. The van der Waals surface area contributed by atoms with Gasteiger partial charge in [0.25, 0.3) is 5.91 Å². The van der Waals surface area contributed by atoms with Crippen LogP contribution in [0.2, 0.25) is 10.0 Å². The predicted octanol–water partition coefficient (Wildman–Crippen LogP) is 5.36. The molecule has 0 aromatic heterocycles. The smallest absolute Gasteiger partial charge is 0.307 e. The molecule has 0 aliphatic carbocycles. The lowest BCUT2D eigenvalue weighted by Gasteiger charge is -2.18. The summed E-state index contributed by atoms with van der Waals surface area (Å²) in [5, 5.41) is 9.74. The van der Waals surface area contributed by atoms with Gasteiger partial charge >= 0.3 is 5.97 Å². The average molecular weight is 442 g/mol. The van der Waals surface area contributed by atoms with Gasteiger partial charge in [-0.3, -0.25) is 9.59 Å². The minimum absolute atomic E-state index is 0.141. The third kappa shape index (κ3) is 3.99. The molecule has 7 heteroatoms. The second kappa shape index (κ2) is 8.38. The number of benzene rings is 3. The number of fused-ring (bicyclic) bond motifs is 1. The van der Waals surface area contributed by atoms with Gasteiger partial charge in [-0.1, -0.05) is 59.6 Å². The summed E-state index contributed by atoms with van der Waals surface area (Å²) in [5.74, 6) is -0.747. The van der Waals surface area contributed by atoms with Crippen LogP contribution in [0.1, 0.15) is 27.0 Å². The van der Waals surface area contributed by atoms with Crippen molar-refractivity contribution in [2.24, 2.45) is 0 Å². The van der Waals surface area contributed by atoms with Crippen molar-refractivity contribution >= 4 is 40.8 Å². The van der Waals surface area contributed by atoms with Gasteiger partial charge in [0.15, 0.2) is 0 Å². The summed E-state index contributed by atoms with van der Waals surface area (Å²) in [6, 6.07) is 18.0. The first kappa shape index (κ1) is 20.3. The maximum Gasteiger partial charge on any atom is 0.307 e. The Kier molecular flexibility index (Phi) is 5.66. The highest BCUT2D eigenvalue weighted by atomic mass is 35.5. The van der Waals surface area contributed by atoms with Crippen LogP contribution in [0.4, 0.5) is 5.69 Å². The van der Waals surface area contributed by atoms with Crippen LogP contribution in [0.3, 0.4) is 0 Å². The van der Waals surface area contributed by atoms with E-state index in [0.29, 0.717) is 44.8 Å². The largest absolute Gasteiger partial charge is 0.488 e. The lowest BCUT2D eigenvalue weighted by Crippen LogP contribution is -2.23. The summed E-state index contributed by atoms with van der Waals surface area (Å²) in [4.78, 5) is 25.7. The van der Waals surface area contributed by atoms with Gasteiger partial charge in [-0.2, -0.15) is 0 Å². The molecule has 0 saturated carbocycles. The molecule has 1 aliphatic heterocycles. The third-order valence-corrected chi connectivity index (χ3v) is 5.54. The highest BCUT2D eigenvalue weighted by molar-refractivity contribution is 6.35. The number of carboxylic acids is 1. The molecule has 0 radical (unpaired) electrons. The van der Waals surface area contributed by atoms with E-state index in [-0.39, 0.29) is 18.9 Å². The lowest BCUT2D eigenvalue weighted by atomic mass is 10.1. The number of ether oxygens (including phenoxy) is 1. The van der Waals surface area contributed by atoms with Crippen molar-refractivity contribution in [1.82, 2.24) is 0 Å². The first-order valence-electron chi connectivity index (χ1n) is 9.24. The van der Waals surface area contributed by atoms with Crippen LogP contribution in [0.5, 0.6) is 5.75 Å². The Bertz CT molecular complexity index is 1130. The minimum atomic E-state index is -0.949. The van der Waals surface area contributed by atoms with Crippen molar-refractivity contribution < 1.29 is 19.4 Å². The Balaban J connectivity index is 1.62. The standard InChI is InChI=1S/C23H17Cl2NO4/c24-17-7-9-20(30-13-14-4-2-1-3-5-14)22-16(17)12-26(23(22)29)19-8-6-15(10-18(19)25)11-21(27)28/h1-10H,11-13H2,(H,27,28). The summed E-state index contributed by atoms with van der Waals surface area (Å²) < 4.78 is 5.93. The zero-order chi connectivity index (χ0) is 21.3. The van der Waals surface area contributed by atoms with E-state index in [9.17, 15) is 9.59 Å². The molecular formula is C23H17Cl2NO4. The monoisotopic (exact) mass is 441 g/mol. The Morgan fingerprint density at radius 2 is 1.77 bits per heavy atom. The fraction of sp³-hybridized carbons (Fsp3) is 0.130. The van der Waals surface area contributed by atoms with Gasteiger partial charge in [-0.05, 0) is 35.4 Å². The number of rotatable bonds is 6. The summed E-state index contributed by atoms with van der Waals surface area (Å²) in [5.41, 5.74) is 3.14. The molecule has 3 aromatic rings. The van der Waals surface area contributed by atoms with Crippen molar-refractivity contribution in [3.8, 4) is 5.75 Å². The van der Waals surface area contributed by atoms with Crippen LogP contribution in [-0.2, 0) is 24.4 Å². The lowest BCUT2D eigenvalue weighted by molar-refractivity contribution is -0.136. The normalized spacial score (nSPS) is 12.7. The van der Waals surface area contributed by atoms with E-state index in [1.807, 2.05) is 30.3 Å². The number of aliphatic carboxylic acids is 1. The molecule has 4 rings (SSSR count). The highest BCUT2D eigenvalue weighted by Crippen LogP contribution is 2.40. The zero-order valence-corrected chi connectivity index (χ0v) is 17.3. The molecule has 0 unspecified atom stereocenters. The van der Waals surface area contributed by atoms with Gasteiger partial charge in [0.05, 0.1) is 29.2 Å². The maximum atomic E-state index is 13.2. The highest BCUT2D eigenvalue weighted by Gasteiger charge is 2.34. The van der Waals surface area contributed by atoms with E-state index in [4.69, 9.17) is 33.0 Å². The molecule has 0 atom stereocenters. The van der Waals surface area contributed by atoms with E-state index in [2.05, 4.69) is 0 Å². The van der Waals surface area contributed by atoms with Crippen LogP contribution in [0, 0.1) is 0 Å². The average Bonchev–Trinajstić information content (AvgIpc) is 3.06. The number of nitrogens with zero attached hydrogens (tertiary/aromatic N) is 1. The molecule has 0 saturated heterocycles. The Morgan fingerprint density at radius 3 is 2.47 bits per heavy atom. The van der Waals surface area contributed by atoms with E-state index < -0.39 is 5.97 Å². The first-order valence-corrected chi connectivity index (χ1v) is 10.00. The molecule has 152 valence electrons. The summed E-state index contributed by atoms with van der Waals surface area (Å²) in [7, 11) is 0. The number of halogens is 2. The number of carbonyl (C=O) groups excluding carboxylic acids is 1. The molecule has 5 nitrogen and oxygen atoms in total. The quantitative estimate of drug-likeness (QED) is 0.558. The van der Waals surface area contributed by atoms with Gasteiger partial charge in [-0.15, -0.1) is 0 Å². The van der Waals surface area contributed by atoms with Crippen LogP contribution in [-0.4, -0.2) is 17.0 Å². The summed E-state index contributed by atoms with van der Waals surface area (Å²) in [6.07, 6.45) is -0.141. The Hall–Kier alpha value is -3.02. The van der Waals surface area contributed by atoms with Crippen LogP contribution in [0.25, 0.3) is 0 Å². The Morgan fingerprint density at radius 1 is 1.00 bits per heavy atom. The van der Waals surface area contributed by atoms with Crippen molar-refractivity contribution in [2.75, 3.05) is 4.90 Å². The van der Waals surface area contributed by atoms with E-state index in [1.54, 1.807) is 30.3 Å². The molecule has 0 fully saturated rings. The molecule has 1 amide bonds. The summed E-state index contributed by atoms with van der Waals surface area (Å²) in [6.45, 7) is 0.584. The third-order valence-electron chi connectivity index (χ3n) is 4.89. The second-order valence-corrected chi connectivity index (χ2v) is 7.74. The predicted molar refractivity (Wildman–Crippen MR) is 116 cm³/mol. The second-order valence-electron chi connectivity index (χ2n) is 6.92. The molecule has 1 aliphatic rings. The number of amides is 1. The van der Waals surface area contributed by atoms with Crippen LogP contribution in [0.15, 0.2) is 60.7 Å². The molecular weight excluding hydrogens is 425 g/mol. The van der Waals surface area contributed by atoms with Crippen LogP contribution < -0.4 is 9.64 Å². The number of hydrogen-bond acceptors (Lipinski definition) is 3. The van der Waals surface area contributed by atoms with Gasteiger partial charge in [-0.25, -0.2) is 0 Å². The fourth-order valence-corrected chi connectivity index (χ4v) is 3.98. The van der Waals surface area contributed by atoms with E-state index in [1.165, 1.54) is 4.90 Å². The molecule has 30 heavy (non-hydrogen) atoms. The van der Waals surface area contributed by atoms with E-state index >= 15 is 0 Å². The molecule has 3 aromatic carbocycles. The maximum absolute atomic E-state index is 13.2. The van der Waals surface area contributed by atoms with Crippen LogP contribution >= 0.6 is 23.2 Å². The van der Waals surface area contributed by atoms with Crippen molar-refractivity contribution in [3.05, 3.63) is 93.0 Å². The SMILES string of the molecule is O=C(O)Cc1ccc(N2Cc3c(Cl)ccc(OCc4ccccc4)c3C2=O)c(Cl)c1. The van der Waals surface area contributed by atoms with E-state index in [0.717, 1.165) is 5.56 Å². The number of anilines is 1. The molecule has 1 heterocycles. The molecule has 0 spiro atoms. The topological polar surface area (TPSA) is 66.8 Å². The minimum Gasteiger partial charge on any atom is -0.488 e. The fourth-order valence-electron chi connectivity index (χ4n) is 3.46. The Labute approximate surface area is 183 Å². The van der Waals surface area contributed by atoms with Crippen molar-refractivity contribution in [2.45, 2.75) is 19.6 Å². The number of carbonyl (C=O) groups is 2.